The van der Waals surface area contributed by atoms with E-state index in [1.165, 1.54) is 0 Å². The summed E-state index contributed by atoms with van der Waals surface area (Å²) in [7, 11) is 5.56. The lowest BCUT2D eigenvalue weighted by molar-refractivity contribution is -0.0213. The summed E-state index contributed by atoms with van der Waals surface area (Å²) in [5.41, 5.74) is 0. The van der Waals surface area contributed by atoms with E-state index in [0.717, 1.165) is 0 Å². The summed E-state index contributed by atoms with van der Waals surface area (Å²) >= 11 is 0. The van der Waals surface area contributed by atoms with Crippen LogP contribution in [0.25, 0.3) is 0 Å². The Hall–Kier alpha value is 0.160. The standard InChI is InChI=1S/C5H11B2O6P/c1-4(6)13-5(2-11-7)3-12-14(8,9)10/h4-5H,2-3H2,1H3,(H2,8,9,10)/t4-,5?/m1/s1. The highest BCUT2D eigenvalue weighted by molar-refractivity contribution is 7.46. The maximum Gasteiger partial charge on any atom is 0.469 e. The molecule has 0 aliphatic heterocycles. The highest BCUT2D eigenvalue weighted by Crippen LogP contribution is 2.35. The van der Waals surface area contributed by atoms with E-state index in [4.69, 9.17) is 30.4 Å². The quantitative estimate of drug-likeness (QED) is 0.426. The minimum absolute atomic E-state index is 0.0679. The highest BCUT2D eigenvalue weighted by atomic mass is 31.2. The van der Waals surface area contributed by atoms with Gasteiger partial charge in [0.05, 0.1) is 13.2 Å². The van der Waals surface area contributed by atoms with E-state index >= 15 is 0 Å². The maximum atomic E-state index is 10.3. The van der Waals surface area contributed by atoms with Crippen molar-refractivity contribution in [2.75, 3.05) is 13.2 Å². The van der Waals surface area contributed by atoms with Crippen molar-refractivity contribution >= 4 is 23.7 Å². The van der Waals surface area contributed by atoms with E-state index in [9.17, 15) is 4.57 Å². The second kappa shape index (κ2) is 6.61. The Morgan fingerprint density at radius 3 is 2.36 bits per heavy atom. The van der Waals surface area contributed by atoms with Crippen LogP contribution in [0.15, 0.2) is 0 Å². The molecule has 0 spiro atoms. The molecule has 78 valence electrons. The Balaban J connectivity index is 3.90. The van der Waals surface area contributed by atoms with Crippen LogP contribution in [0.2, 0.25) is 0 Å². The Bertz CT molecular complexity index is 195. The zero-order valence-electron chi connectivity index (χ0n) is 7.70. The van der Waals surface area contributed by atoms with Crippen LogP contribution in [0.5, 0.6) is 0 Å². The van der Waals surface area contributed by atoms with Gasteiger partial charge in [-0.3, -0.25) is 4.52 Å². The second-order valence-electron chi connectivity index (χ2n) is 2.58. The Labute approximate surface area is 85.0 Å². The molecule has 0 heterocycles. The summed E-state index contributed by atoms with van der Waals surface area (Å²) in [6.45, 7) is 1.14. The minimum atomic E-state index is -4.50. The fourth-order valence-corrected chi connectivity index (χ4v) is 1.08. The third-order valence-corrected chi connectivity index (χ3v) is 1.60. The average Bonchev–Trinajstić information content (AvgIpc) is 1.98. The fraction of sp³-hybridized carbons (Fsp3) is 1.00. The molecule has 6 nitrogen and oxygen atoms in total. The molecule has 1 unspecified atom stereocenters. The summed E-state index contributed by atoms with van der Waals surface area (Å²) in [5.74, 6) is 0. The summed E-state index contributed by atoms with van der Waals surface area (Å²) in [5, 5.41) is 0. The van der Waals surface area contributed by atoms with Gasteiger partial charge in [0.1, 0.15) is 14.0 Å². The van der Waals surface area contributed by atoms with Gasteiger partial charge < -0.3 is 19.2 Å². The van der Waals surface area contributed by atoms with Gasteiger partial charge in [0.15, 0.2) is 0 Å². The number of phosphoric acid groups is 1. The first-order valence-corrected chi connectivity index (χ1v) is 5.31. The predicted molar refractivity (Wildman–Crippen MR) is 49.8 cm³/mol. The molecule has 0 rings (SSSR count). The molecule has 0 aliphatic carbocycles. The van der Waals surface area contributed by atoms with Gasteiger partial charge in [-0.1, -0.05) is 0 Å². The van der Waals surface area contributed by atoms with E-state index < -0.39 is 19.9 Å². The molecule has 0 aromatic carbocycles. The van der Waals surface area contributed by atoms with Gasteiger partial charge in [-0.25, -0.2) is 4.57 Å². The molecule has 0 saturated carbocycles. The van der Waals surface area contributed by atoms with Crippen LogP contribution in [0, 0.1) is 0 Å². The SMILES string of the molecule is [B]OCC(COP(=O)(O)O)O[C@@H]([B])C. The Morgan fingerprint density at radius 1 is 1.43 bits per heavy atom. The van der Waals surface area contributed by atoms with Crippen molar-refractivity contribution in [1.82, 2.24) is 0 Å². The Morgan fingerprint density at radius 2 is 2.00 bits per heavy atom. The fourth-order valence-electron chi connectivity index (χ4n) is 0.718. The van der Waals surface area contributed by atoms with Gasteiger partial charge in [-0.15, -0.1) is 0 Å². The maximum absolute atomic E-state index is 10.3. The number of hydrogen-bond acceptors (Lipinski definition) is 4. The zero-order valence-corrected chi connectivity index (χ0v) is 8.59. The topological polar surface area (TPSA) is 85.2 Å². The average molecular weight is 220 g/mol. The summed E-state index contributed by atoms with van der Waals surface area (Å²) in [6.07, 6.45) is -0.715. The molecule has 0 aromatic rings. The summed E-state index contributed by atoms with van der Waals surface area (Å²) in [6, 6.07) is -0.601. The number of rotatable bonds is 7. The number of ether oxygens (including phenoxy) is 1. The van der Waals surface area contributed by atoms with E-state index in [2.05, 4.69) is 9.18 Å². The van der Waals surface area contributed by atoms with Gasteiger partial charge in [0.2, 0.25) is 0 Å². The molecular weight excluding hydrogens is 209 g/mol. The molecule has 9 heteroatoms. The van der Waals surface area contributed by atoms with Crippen molar-refractivity contribution in [3.8, 4) is 0 Å². The normalized spacial score (nSPS) is 16.5. The zero-order chi connectivity index (χ0) is 11.2. The van der Waals surface area contributed by atoms with Crippen LogP contribution in [0.3, 0.4) is 0 Å². The first-order valence-electron chi connectivity index (χ1n) is 3.78. The molecule has 0 aromatic heterocycles. The van der Waals surface area contributed by atoms with Crippen LogP contribution < -0.4 is 0 Å². The first kappa shape index (κ1) is 14.2. The molecule has 2 N–H and O–H groups in total. The molecule has 0 amide bonds. The molecular formula is C5H11B2O6P. The molecule has 0 aliphatic rings. The van der Waals surface area contributed by atoms with Crippen LogP contribution in [0.1, 0.15) is 6.92 Å². The third kappa shape index (κ3) is 8.74. The van der Waals surface area contributed by atoms with Gasteiger partial charge in [-0.05, 0) is 6.92 Å². The van der Waals surface area contributed by atoms with Crippen molar-refractivity contribution < 1.29 is 28.3 Å². The second-order valence-corrected chi connectivity index (χ2v) is 3.82. The summed E-state index contributed by atoms with van der Waals surface area (Å²) in [4.78, 5) is 16.8. The van der Waals surface area contributed by atoms with Crippen molar-refractivity contribution in [2.24, 2.45) is 0 Å². The highest BCUT2D eigenvalue weighted by Gasteiger charge is 2.19. The van der Waals surface area contributed by atoms with Crippen LogP contribution in [-0.2, 0) is 18.5 Å². The van der Waals surface area contributed by atoms with Crippen molar-refractivity contribution in [3.05, 3.63) is 0 Å². The largest absolute Gasteiger partial charge is 0.469 e. The van der Waals surface area contributed by atoms with Crippen LogP contribution in [0.4, 0.5) is 0 Å². The van der Waals surface area contributed by atoms with Gasteiger partial charge in [-0.2, -0.15) is 0 Å². The number of hydrogen-bond donors (Lipinski definition) is 2. The first-order chi connectivity index (χ1) is 6.35. The van der Waals surface area contributed by atoms with Crippen molar-refractivity contribution in [3.63, 3.8) is 0 Å². The molecule has 0 fully saturated rings. The lowest BCUT2D eigenvalue weighted by Crippen LogP contribution is -2.29. The molecule has 0 saturated heterocycles. The summed E-state index contributed by atoms with van der Waals surface area (Å²) < 4.78 is 23.8. The lowest BCUT2D eigenvalue weighted by atomic mass is 10.0. The lowest BCUT2D eigenvalue weighted by Gasteiger charge is -2.20. The van der Waals surface area contributed by atoms with Gasteiger partial charge in [0, 0.05) is 6.00 Å². The molecule has 0 bridgehead atoms. The molecule has 4 radical (unpaired) electrons. The van der Waals surface area contributed by atoms with E-state index in [-0.39, 0.29) is 13.2 Å². The minimum Gasteiger partial charge on any atom is -0.445 e. The van der Waals surface area contributed by atoms with E-state index in [0.29, 0.717) is 0 Å². The van der Waals surface area contributed by atoms with Crippen molar-refractivity contribution in [1.29, 1.82) is 0 Å². The molecule has 14 heavy (non-hydrogen) atoms. The number of phosphoric ester groups is 1. The van der Waals surface area contributed by atoms with Gasteiger partial charge in [0.25, 0.3) is 8.05 Å². The smallest absolute Gasteiger partial charge is 0.445 e. The van der Waals surface area contributed by atoms with Crippen LogP contribution in [-0.4, -0.2) is 51.0 Å². The van der Waals surface area contributed by atoms with Crippen LogP contribution >= 0.6 is 7.82 Å². The van der Waals surface area contributed by atoms with E-state index in [1.807, 2.05) is 0 Å². The predicted octanol–water partition coefficient (Wildman–Crippen LogP) is -0.905. The molecule has 2 atom stereocenters. The van der Waals surface area contributed by atoms with E-state index in [1.54, 1.807) is 6.92 Å². The third-order valence-electron chi connectivity index (χ3n) is 1.12. The monoisotopic (exact) mass is 220 g/mol. The van der Waals surface area contributed by atoms with Gasteiger partial charge >= 0.3 is 7.82 Å². The van der Waals surface area contributed by atoms with Crippen molar-refractivity contribution in [2.45, 2.75) is 19.0 Å². The Kier molecular flexibility index (Phi) is 6.68.